The summed E-state index contributed by atoms with van der Waals surface area (Å²) in [6, 6.07) is 0.497. The zero-order valence-corrected chi connectivity index (χ0v) is 11.7. The van der Waals surface area contributed by atoms with Crippen LogP contribution in [0.3, 0.4) is 0 Å². The molecule has 2 atom stereocenters. The van der Waals surface area contributed by atoms with Crippen LogP contribution in [0.15, 0.2) is 6.33 Å². The summed E-state index contributed by atoms with van der Waals surface area (Å²) < 4.78 is 5.87. The molecule has 2 unspecified atom stereocenters. The number of nitrogens with zero attached hydrogens (tertiary/aromatic N) is 3. The predicted molar refractivity (Wildman–Crippen MR) is 75.7 cm³/mol. The largest absolute Gasteiger partial charge is 0.374 e. The van der Waals surface area contributed by atoms with Gasteiger partial charge in [-0.2, -0.15) is 0 Å². The second-order valence-corrected chi connectivity index (χ2v) is 5.30. The summed E-state index contributed by atoms with van der Waals surface area (Å²) in [5.74, 6) is 2.03. The van der Waals surface area contributed by atoms with E-state index in [-0.39, 0.29) is 0 Å². The lowest BCUT2D eigenvalue weighted by Gasteiger charge is -2.39. The fraction of sp³-hybridized carbons (Fsp3) is 0.714. The van der Waals surface area contributed by atoms with Crippen LogP contribution >= 0.6 is 0 Å². The molecular formula is C14H22N4O. The van der Waals surface area contributed by atoms with Crippen molar-refractivity contribution in [2.45, 2.75) is 45.3 Å². The first kappa shape index (κ1) is 12.7. The minimum absolute atomic E-state index is 0.394. The lowest BCUT2D eigenvalue weighted by Crippen LogP contribution is -2.49. The molecule has 2 heterocycles. The highest BCUT2D eigenvalue weighted by molar-refractivity contribution is 5.58. The van der Waals surface area contributed by atoms with Crippen LogP contribution < -0.4 is 10.2 Å². The Morgan fingerprint density at radius 3 is 3.16 bits per heavy atom. The van der Waals surface area contributed by atoms with Crippen LogP contribution in [0.2, 0.25) is 0 Å². The summed E-state index contributed by atoms with van der Waals surface area (Å²) in [4.78, 5) is 11.3. The van der Waals surface area contributed by atoms with Crippen LogP contribution in [0.5, 0.6) is 0 Å². The summed E-state index contributed by atoms with van der Waals surface area (Å²) in [5.41, 5.74) is 1.15. The molecule has 104 valence electrons. The van der Waals surface area contributed by atoms with Crippen molar-refractivity contribution in [2.75, 3.05) is 29.9 Å². The number of anilines is 2. The number of morpholine rings is 1. The Kier molecular flexibility index (Phi) is 3.55. The second kappa shape index (κ2) is 5.33. The normalized spacial score (nSPS) is 26.3. The van der Waals surface area contributed by atoms with Gasteiger partial charge in [-0.3, -0.25) is 0 Å². The van der Waals surface area contributed by atoms with Gasteiger partial charge < -0.3 is 15.0 Å². The zero-order chi connectivity index (χ0) is 13.2. The molecule has 1 aromatic rings. The van der Waals surface area contributed by atoms with Gasteiger partial charge in [0.1, 0.15) is 18.0 Å². The van der Waals surface area contributed by atoms with Crippen LogP contribution in [0.25, 0.3) is 0 Å². The molecule has 2 aliphatic rings. The summed E-state index contributed by atoms with van der Waals surface area (Å²) in [7, 11) is 0. The lowest BCUT2D eigenvalue weighted by atomic mass is 10.1. The molecule has 0 aromatic carbocycles. The SMILES string of the molecule is CCNc1ncnc(N2CCOC3CCCC32)c1C. The third-order valence-corrected chi connectivity index (χ3v) is 4.16. The average molecular weight is 262 g/mol. The van der Waals surface area contributed by atoms with E-state index in [1.54, 1.807) is 6.33 Å². The molecule has 1 N–H and O–H groups in total. The van der Waals surface area contributed by atoms with Crippen molar-refractivity contribution in [3.63, 3.8) is 0 Å². The lowest BCUT2D eigenvalue weighted by molar-refractivity contribution is 0.0253. The molecule has 5 heteroatoms. The molecule has 1 saturated carbocycles. The molecule has 0 spiro atoms. The third kappa shape index (κ3) is 2.27. The van der Waals surface area contributed by atoms with Crippen molar-refractivity contribution >= 4 is 11.6 Å². The highest BCUT2D eigenvalue weighted by Crippen LogP contribution is 2.34. The van der Waals surface area contributed by atoms with Gasteiger partial charge in [-0.05, 0) is 33.1 Å². The number of fused-ring (bicyclic) bond motifs is 1. The van der Waals surface area contributed by atoms with Crippen molar-refractivity contribution in [1.29, 1.82) is 0 Å². The molecule has 0 radical (unpaired) electrons. The first-order valence-corrected chi connectivity index (χ1v) is 7.25. The Morgan fingerprint density at radius 1 is 1.42 bits per heavy atom. The van der Waals surface area contributed by atoms with E-state index in [0.717, 1.165) is 36.9 Å². The number of hydrogen-bond donors (Lipinski definition) is 1. The molecule has 5 nitrogen and oxygen atoms in total. The minimum Gasteiger partial charge on any atom is -0.374 e. The van der Waals surface area contributed by atoms with E-state index in [9.17, 15) is 0 Å². The van der Waals surface area contributed by atoms with E-state index >= 15 is 0 Å². The highest BCUT2D eigenvalue weighted by atomic mass is 16.5. The van der Waals surface area contributed by atoms with Crippen molar-refractivity contribution in [2.24, 2.45) is 0 Å². The second-order valence-electron chi connectivity index (χ2n) is 5.30. The number of ether oxygens (including phenoxy) is 1. The average Bonchev–Trinajstić information content (AvgIpc) is 2.90. The van der Waals surface area contributed by atoms with Gasteiger partial charge in [0.2, 0.25) is 0 Å². The third-order valence-electron chi connectivity index (χ3n) is 4.16. The first-order chi connectivity index (χ1) is 9.31. The van der Waals surface area contributed by atoms with E-state index < -0.39 is 0 Å². The number of nitrogens with one attached hydrogen (secondary N) is 1. The van der Waals surface area contributed by atoms with Gasteiger partial charge in [0.15, 0.2) is 0 Å². The van der Waals surface area contributed by atoms with Crippen molar-refractivity contribution in [3.05, 3.63) is 11.9 Å². The van der Waals surface area contributed by atoms with Crippen LogP contribution in [-0.4, -0.2) is 41.8 Å². The van der Waals surface area contributed by atoms with Crippen LogP contribution in [0.1, 0.15) is 31.7 Å². The highest BCUT2D eigenvalue weighted by Gasteiger charge is 2.37. The maximum atomic E-state index is 5.87. The summed E-state index contributed by atoms with van der Waals surface area (Å²) in [6.07, 6.45) is 5.72. The Balaban J connectivity index is 1.90. The van der Waals surface area contributed by atoms with E-state index in [0.29, 0.717) is 12.1 Å². The zero-order valence-electron chi connectivity index (χ0n) is 11.7. The molecule has 0 bridgehead atoms. The van der Waals surface area contributed by atoms with Crippen molar-refractivity contribution in [3.8, 4) is 0 Å². The van der Waals surface area contributed by atoms with Crippen molar-refractivity contribution in [1.82, 2.24) is 9.97 Å². The van der Waals surface area contributed by atoms with E-state index in [1.165, 1.54) is 19.3 Å². The Hall–Kier alpha value is -1.36. The van der Waals surface area contributed by atoms with Gasteiger partial charge in [0.05, 0.1) is 18.8 Å². The Labute approximate surface area is 114 Å². The molecule has 2 fully saturated rings. The molecule has 3 rings (SSSR count). The molecule has 1 saturated heterocycles. The summed E-state index contributed by atoms with van der Waals surface area (Å²) in [5, 5.41) is 3.31. The molecule has 1 aliphatic carbocycles. The molecule has 1 aromatic heterocycles. The van der Waals surface area contributed by atoms with Gasteiger partial charge in [-0.15, -0.1) is 0 Å². The van der Waals surface area contributed by atoms with Gasteiger partial charge >= 0.3 is 0 Å². The van der Waals surface area contributed by atoms with Gasteiger partial charge in [0, 0.05) is 18.7 Å². The van der Waals surface area contributed by atoms with E-state index in [1.807, 2.05) is 0 Å². The maximum absolute atomic E-state index is 5.87. The topological polar surface area (TPSA) is 50.3 Å². The van der Waals surface area contributed by atoms with Gasteiger partial charge in [-0.1, -0.05) is 0 Å². The van der Waals surface area contributed by atoms with Gasteiger partial charge in [-0.25, -0.2) is 9.97 Å². The Morgan fingerprint density at radius 2 is 2.32 bits per heavy atom. The Bertz CT molecular complexity index is 451. The number of aromatic nitrogens is 2. The molecular weight excluding hydrogens is 240 g/mol. The summed E-state index contributed by atoms with van der Waals surface area (Å²) >= 11 is 0. The van der Waals surface area contributed by atoms with E-state index in [2.05, 4.69) is 34.0 Å². The van der Waals surface area contributed by atoms with Crippen LogP contribution in [-0.2, 0) is 4.74 Å². The smallest absolute Gasteiger partial charge is 0.137 e. The van der Waals surface area contributed by atoms with Crippen LogP contribution in [0.4, 0.5) is 11.6 Å². The monoisotopic (exact) mass is 262 g/mol. The standard InChI is InChI=1S/C14H22N4O/c1-3-15-13-10(2)14(17-9-16-13)18-7-8-19-12-6-4-5-11(12)18/h9,11-12H,3-8H2,1-2H3,(H,15,16,17). The number of rotatable bonds is 3. The fourth-order valence-corrected chi connectivity index (χ4v) is 3.26. The molecule has 19 heavy (non-hydrogen) atoms. The summed E-state index contributed by atoms with van der Waals surface area (Å²) in [6.45, 7) is 6.81. The maximum Gasteiger partial charge on any atom is 0.137 e. The first-order valence-electron chi connectivity index (χ1n) is 7.25. The van der Waals surface area contributed by atoms with Gasteiger partial charge in [0.25, 0.3) is 0 Å². The fourth-order valence-electron chi connectivity index (χ4n) is 3.26. The predicted octanol–water partition coefficient (Wildman–Crippen LogP) is 1.97. The van der Waals surface area contributed by atoms with Crippen LogP contribution in [0, 0.1) is 6.92 Å². The number of hydrogen-bond acceptors (Lipinski definition) is 5. The van der Waals surface area contributed by atoms with Crippen molar-refractivity contribution < 1.29 is 4.74 Å². The quantitative estimate of drug-likeness (QED) is 0.902. The minimum atomic E-state index is 0.394. The molecule has 1 aliphatic heterocycles. The molecule has 0 amide bonds. The van der Waals surface area contributed by atoms with E-state index in [4.69, 9.17) is 4.74 Å².